The van der Waals surface area contributed by atoms with Crippen LogP contribution >= 0.6 is 35.1 Å². The molecule has 0 unspecified atom stereocenters. The van der Waals surface area contributed by atoms with Gasteiger partial charge in [0, 0.05) is 86.6 Å². The molecule has 0 saturated heterocycles. The van der Waals surface area contributed by atoms with Crippen LogP contribution in [0.15, 0.2) is 65.6 Å². The molecule has 0 fully saturated rings. The molecule has 1 aliphatic heterocycles. The third-order valence-electron chi connectivity index (χ3n) is 8.39. The fourth-order valence-electron chi connectivity index (χ4n) is 6.13. The number of nitrogens with zero attached hydrogens (tertiary/aromatic N) is 5. The number of carboxylic acids is 1. The van der Waals surface area contributed by atoms with Gasteiger partial charge in [0.1, 0.15) is 11.4 Å². The Balaban J connectivity index is 1.34. The lowest BCUT2D eigenvalue weighted by molar-refractivity contribution is 0.0685. The predicted molar refractivity (Wildman–Crippen MR) is 183 cm³/mol. The fraction of sp³-hybridized carbons (Fsp3) is 0.265. The molecule has 0 spiro atoms. The number of aromatic carboxylic acids is 1. The molecule has 8 nitrogen and oxygen atoms in total. The largest absolute Gasteiger partial charge is 0.493 e. The minimum Gasteiger partial charge on any atom is -0.493 e. The Morgan fingerprint density at radius 3 is 2.64 bits per heavy atom. The SMILES string of the molecule is Cc1c2c(nn1C)CSCc1cc(n(C)n1)CSc1cc(c3ccccc3c1)OCCCn1c(C(=O)O)cc3c-2c(Cl)ccc31. The van der Waals surface area contributed by atoms with Crippen molar-refractivity contribution >= 4 is 62.8 Å². The molecule has 0 saturated carbocycles. The zero-order valence-corrected chi connectivity index (χ0v) is 27.6. The standard InChI is InChI=1S/C34H32ClN5O3S2/c1-20-32-28(37-38(20)2)19-44-17-22-14-23(39(3)36-22)18-45-24-13-21-7-4-5-8-25(21)31(15-24)43-12-6-11-40-29-10-9-27(35)33(32)26(29)16-30(40)34(41)42/h4-5,7-10,13-16H,6,11-12,17-19H2,1-3H3,(H,41,42). The summed E-state index contributed by atoms with van der Waals surface area (Å²) in [5.41, 5.74) is 6.88. The Morgan fingerprint density at radius 2 is 1.80 bits per heavy atom. The van der Waals surface area contributed by atoms with E-state index < -0.39 is 5.97 Å². The van der Waals surface area contributed by atoms with E-state index in [4.69, 9.17) is 26.5 Å². The summed E-state index contributed by atoms with van der Waals surface area (Å²) < 4.78 is 12.1. The number of carbonyl (C=O) groups is 1. The highest BCUT2D eigenvalue weighted by Gasteiger charge is 2.24. The minimum atomic E-state index is -0.979. The fourth-order valence-corrected chi connectivity index (χ4v) is 8.22. The summed E-state index contributed by atoms with van der Waals surface area (Å²) in [6, 6.07) is 20.3. The first kappa shape index (κ1) is 29.8. The van der Waals surface area contributed by atoms with Crippen molar-refractivity contribution in [2.75, 3.05) is 6.61 Å². The lowest BCUT2D eigenvalue weighted by atomic mass is 9.99. The average Bonchev–Trinajstić information content (AvgIpc) is 3.66. The number of halogens is 1. The number of aryl methyl sites for hydroxylation is 3. The molecule has 3 aromatic carbocycles. The summed E-state index contributed by atoms with van der Waals surface area (Å²) in [5.74, 6) is 2.03. The highest BCUT2D eigenvalue weighted by atomic mass is 35.5. The van der Waals surface area contributed by atoms with Gasteiger partial charge in [-0.25, -0.2) is 4.79 Å². The van der Waals surface area contributed by atoms with Crippen molar-refractivity contribution in [3.63, 3.8) is 0 Å². The van der Waals surface area contributed by atoms with Gasteiger partial charge in [0.15, 0.2) is 0 Å². The monoisotopic (exact) mass is 657 g/mol. The molecule has 0 radical (unpaired) electrons. The molecule has 6 aromatic rings. The maximum Gasteiger partial charge on any atom is 0.352 e. The minimum absolute atomic E-state index is 0.225. The number of hydrogen-bond donors (Lipinski definition) is 1. The van der Waals surface area contributed by atoms with Crippen molar-refractivity contribution < 1.29 is 14.6 Å². The van der Waals surface area contributed by atoms with Crippen LogP contribution in [0.4, 0.5) is 0 Å². The van der Waals surface area contributed by atoms with Crippen molar-refractivity contribution in [1.82, 2.24) is 24.1 Å². The van der Waals surface area contributed by atoms with E-state index in [2.05, 4.69) is 30.3 Å². The zero-order valence-electron chi connectivity index (χ0n) is 25.2. The van der Waals surface area contributed by atoms with Crippen LogP contribution in [0, 0.1) is 6.92 Å². The van der Waals surface area contributed by atoms with Crippen LogP contribution in [-0.2, 0) is 37.9 Å². The quantitative estimate of drug-likeness (QED) is 0.191. The lowest BCUT2D eigenvalue weighted by Crippen LogP contribution is -2.11. The Labute approximate surface area is 274 Å². The van der Waals surface area contributed by atoms with Gasteiger partial charge in [-0.05, 0) is 55.1 Å². The summed E-state index contributed by atoms with van der Waals surface area (Å²) in [5, 5.41) is 23.5. The molecular weight excluding hydrogens is 626 g/mol. The summed E-state index contributed by atoms with van der Waals surface area (Å²) in [7, 11) is 3.93. The number of hydrogen-bond acceptors (Lipinski definition) is 6. The van der Waals surface area contributed by atoms with Crippen LogP contribution in [0.5, 0.6) is 5.75 Å². The van der Waals surface area contributed by atoms with E-state index in [1.165, 1.54) is 0 Å². The number of fused-ring (bicyclic) bond motifs is 8. The summed E-state index contributed by atoms with van der Waals surface area (Å²) in [4.78, 5) is 13.6. The summed E-state index contributed by atoms with van der Waals surface area (Å²) in [6.07, 6.45) is 0.624. The molecule has 1 N–H and O–H groups in total. The summed E-state index contributed by atoms with van der Waals surface area (Å²) in [6.45, 7) is 2.95. The van der Waals surface area contributed by atoms with Crippen LogP contribution < -0.4 is 4.74 Å². The van der Waals surface area contributed by atoms with E-state index in [1.54, 1.807) is 29.6 Å². The Kier molecular flexibility index (Phi) is 8.05. The smallest absolute Gasteiger partial charge is 0.352 e. The van der Waals surface area contributed by atoms with E-state index in [9.17, 15) is 9.90 Å². The Bertz CT molecular complexity index is 2100. The van der Waals surface area contributed by atoms with Gasteiger partial charge in [0.2, 0.25) is 0 Å². The second-order valence-corrected chi connectivity index (χ2v) is 13.7. The number of ether oxygens (including phenoxy) is 1. The number of thioether (sulfide) groups is 2. The molecular formula is C34H32ClN5O3S2. The number of carboxylic acid groups (broad SMARTS) is 1. The van der Waals surface area contributed by atoms with Crippen LogP contribution in [0.3, 0.4) is 0 Å². The molecule has 11 heteroatoms. The maximum absolute atomic E-state index is 12.5. The van der Waals surface area contributed by atoms with Gasteiger partial charge in [-0.15, -0.1) is 23.5 Å². The molecule has 0 amide bonds. The first-order chi connectivity index (χ1) is 21.8. The second kappa shape index (κ2) is 12.2. The first-order valence-corrected chi connectivity index (χ1v) is 17.3. The van der Waals surface area contributed by atoms with Crippen LogP contribution in [0.2, 0.25) is 5.02 Å². The second-order valence-electron chi connectivity index (χ2n) is 11.2. The predicted octanol–water partition coefficient (Wildman–Crippen LogP) is 8.10. The third kappa shape index (κ3) is 5.60. The van der Waals surface area contributed by atoms with Gasteiger partial charge in [-0.3, -0.25) is 9.36 Å². The van der Waals surface area contributed by atoms with Crippen molar-refractivity contribution in [3.8, 4) is 16.9 Å². The van der Waals surface area contributed by atoms with E-state index in [0.717, 1.165) is 77.7 Å². The third-order valence-corrected chi connectivity index (χ3v) is 10.7. The molecule has 45 heavy (non-hydrogen) atoms. The molecule has 0 aliphatic carbocycles. The van der Waals surface area contributed by atoms with Gasteiger partial charge in [-0.2, -0.15) is 10.2 Å². The zero-order chi connectivity index (χ0) is 31.2. The van der Waals surface area contributed by atoms with Gasteiger partial charge >= 0.3 is 5.97 Å². The molecule has 4 heterocycles. The van der Waals surface area contributed by atoms with E-state index in [0.29, 0.717) is 30.3 Å². The average molecular weight is 658 g/mol. The molecule has 8 bridgehead atoms. The topological polar surface area (TPSA) is 87.1 Å². The number of benzene rings is 3. The normalized spacial score (nSPS) is 14.3. The molecule has 3 aromatic heterocycles. The van der Waals surface area contributed by atoms with E-state index >= 15 is 0 Å². The number of rotatable bonds is 1. The van der Waals surface area contributed by atoms with Gasteiger partial charge in [-0.1, -0.05) is 35.9 Å². The van der Waals surface area contributed by atoms with E-state index in [-0.39, 0.29) is 5.69 Å². The molecule has 230 valence electrons. The van der Waals surface area contributed by atoms with Crippen LogP contribution in [-0.4, -0.2) is 41.8 Å². The Hall–Kier alpha value is -3.86. The lowest BCUT2D eigenvalue weighted by Gasteiger charge is -2.14. The maximum atomic E-state index is 12.5. The highest BCUT2D eigenvalue weighted by molar-refractivity contribution is 7.98. The van der Waals surface area contributed by atoms with Crippen molar-refractivity contribution in [2.24, 2.45) is 14.1 Å². The van der Waals surface area contributed by atoms with Crippen molar-refractivity contribution in [1.29, 1.82) is 0 Å². The van der Waals surface area contributed by atoms with Crippen molar-refractivity contribution in [2.45, 2.75) is 42.0 Å². The summed E-state index contributed by atoms with van der Waals surface area (Å²) >= 11 is 10.4. The molecule has 0 atom stereocenters. The molecule has 7 rings (SSSR count). The van der Waals surface area contributed by atoms with Crippen molar-refractivity contribution in [3.05, 3.63) is 94.2 Å². The van der Waals surface area contributed by atoms with Gasteiger partial charge < -0.3 is 14.4 Å². The Morgan fingerprint density at radius 1 is 0.956 bits per heavy atom. The first-order valence-electron chi connectivity index (χ1n) is 14.7. The van der Waals surface area contributed by atoms with Gasteiger partial charge in [0.05, 0.1) is 18.0 Å². The van der Waals surface area contributed by atoms with E-state index in [1.807, 2.05) is 59.2 Å². The highest BCUT2D eigenvalue weighted by Crippen LogP contribution is 2.41. The van der Waals surface area contributed by atoms with Crippen LogP contribution in [0.1, 0.15) is 39.7 Å². The van der Waals surface area contributed by atoms with Crippen LogP contribution in [0.25, 0.3) is 32.8 Å². The molecule has 1 aliphatic rings. The van der Waals surface area contributed by atoms with Gasteiger partial charge in [0.25, 0.3) is 0 Å². The number of aromatic nitrogens is 5.